The van der Waals surface area contributed by atoms with Crippen molar-refractivity contribution < 1.29 is 13.9 Å². The third-order valence-corrected chi connectivity index (χ3v) is 3.77. The predicted molar refractivity (Wildman–Crippen MR) is 84.5 cm³/mol. The summed E-state index contributed by atoms with van der Waals surface area (Å²) in [5.74, 6) is 1.26. The van der Waals surface area contributed by atoms with Gasteiger partial charge >= 0.3 is 6.01 Å². The van der Waals surface area contributed by atoms with Crippen LogP contribution in [0.2, 0.25) is 0 Å². The van der Waals surface area contributed by atoms with Crippen molar-refractivity contribution in [1.29, 1.82) is 0 Å². The Morgan fingerprint density at radius 3 is 2.65 bits per heavy atom. The minimum atomic E-state index is -0.00661. The van der Waals surface area contributed by atoms with Gasteiger partial charge in [0.25, 0.3) is 5.91 Å². The minimum absolute atomic E-state index is 0.00661. The summed E-state index contributed by atoms with van der Waals surface area (Å²) in [5, 5.41) is 7.83. The molecule has 1 aliphatic rings. The number of aromatic nitrogens is 2. The molecule has 1 saturated heterocycles. The van der Waals surface area contributed by atoms with Gasteiger partial charge in [-0.1, -0.05) is 17.2 Å². The summed E-state index contributed by atoms with van der Waals surface area (Å²) in [6, 6.07) is 8.21. The van der Waals surface area contributed by atoms with Gasteiger partial charge in [0.05, 0.1) is 0 Å². The van der Waals surface area contributed by atoms with E-state index in [0.29, 0.717) is 38.1 Å². The number of amides is 1. The number of hydrogen-bond donors (Lipinski definition) is 0. The predicted octanol–water partition coefficient (Wildman–Crippen LogP) is 1.41. The molecule has 7 nitrogen and oxygen atoms in total. The van der Waals surface area contributed by atoms with Crippen molar-refractivity contribution >= 4 is 11.9 Å². The SMILES string of the molecule is Cc1cccc(OCC(=O)N2CCN(c3nnc(C)o3)CC2)c1. The Bertz CT molecular complexity index is 677. The second-order valence-corrected chi connectivity index (χ2v) is 5.58. The number of carbonyl (C=O) groups is 1. The molecule has 0 saturated carbocycles. The van der Waals surface area contributed by atoms with Gasteiger partial charge in [-0.3, -0.25) is 4.79 Å². The Balaban J connectivity index is 1.48. The summed E-state index contributed by atoms with van der Waals surface area (Å²) in [6.07, 6.45) is 0. The smallest absolute Gasteiger partial charge is 0.318 e. The lowest BCUT2D eigenvalue weighted by atomic mass is 10.2. The fraction of sp³-hybridized carbons (Fsp3) is 0.438. The molecule has 1 aromatic carbocycles. The summed E-state index contributed by atoms with van der Waals surface area (Å²) in [7, 11) is 0. The van der Waals surface area contributed by atoms with E-state index in [-0.39, 0.29) is 12.5 Å². The van der Waals surface area contributed by atoms with Crippen LogP contribution in [0, 0.1) is 13.8 Å². The molecule has 0 radical (unpaired) electrons. The van der Waals surface area contributed by atoms with E-state index in [1.165, 1.54) is 0 Å². The Hall–Kier alpha value is -2.57. The first kappa shape index (κ1) is 15.3. The van der Waals surface area contributed by atoms with Crippen LogP contribution in [0.3, 0.4) is 0 Å². The molecule has 1 aliphatic heterocycles. The molecule has 2 aromatic rings. The second-order valence-electron chi connectivity index (χ2n) is 5.58. The summed E-state index contributed by atoms with van der Waals surface area (Å²) >= 11 is 0. The summed E-state index contributed by atoms with van der Waals surface area (Å²) < 4.78 is 11.0. The quantitative estimate of drug-likeness (QED) is 0.849. The molecule has 23 heavy (non-hydrogen) atoms. The third-order valence-electron chi connectivity index (χ3n) is 3.77. The normalized spacial score (nSPS) is 14.9. The molecule has 1 fully saturated rings. The Morgan fingerprint density at radius 2 is 2.00 bits per heavy atom. The van der Waals surface area contributed by atoms with Crippen LogP contribution >= 0.6 is 0 Å². The van der Waals surface area contributed by atoms with Crippen molar-refractivity contribution in [3.05, 3.63) is 35.7 Å². The third kappa shape index (κ3) is 3.80. The van der Waals surface area contributed by atoms with Crippen molar-refractivity contribution in [2.24, 2.45) is 0 Å². The van der Waals surface area contributed by atoms with Crippen molar-refractivity contribution in [3.8, 4) is 5.75 Å². The maximum absolute atomic E-state index is 12.2. The standard InChI is InChI=1S/C16H20N4O3/c1-12-4-3-5-14(10-12)22-11-15(21)19-6-8-20(9-7-19)16-18-17-13(2)23-16/h3-5,10H,6-9,11H2,1-2H3. The van der Waals surface area contributed by atoms with Gasteiger partial charge in [-0.25, -0.2) is 0 Å². The van der Waals surface area contributed by atoms with Gasteiger partial charge in [-0.2, -0.15) is 0 Å². The van der Waals surface area contributed by atoms with Crippen molar-refractivity contribution in [1.82, 2.24) is 15.1 Å². The number of ether oxygens (including phenoxy) is 1. The van der Waals surface area contributed by atoms with Crippen LogP contribution in [0.5, 0.6) is 5.75 Å². The van der Waals surface area contributed by atoms with Gasteiger partial charge in [-0.05, 0) is 24.6 Å². The molecule has 3 rings (SSSR count). The van der Waals surface area contributed by atoms with Crippen molar-refractivity contribution in [2.75, 3.05) is 37.7 Å². The Morgan fingerprint density at radius 1 is 1.22 bits per heavy atom. The van der Waals surface area contributed by atoms with E-state index in [1.54, 1.807) is 11.8 Å². The van der Waals surface area contributed by atoms with Crippen LogP contribution in [-0.2, 0) is 4.79 Å². The fourth-order valence-electron chi connectivity index (χ4n) is 2.50. The lowest BCUT2D eigenvalue weighted by Crippen LogP contribution is -2.50. The molecular weight excluding hydrogens is 296 g/mol. The highest BCUT2D eigenvalue weighted by atomic mass is 16.5. The first-order chi connectivity index (χ1) is 11.1. The number of anilines is 1. The highest BCUT2D eigenvalue weighted by Gasteiger charge is 2.24. The Labute approximate surface area is 134 Å². The van der Waals surface area contributed by atoms with Crippen LogP contribution in [0.15, 0.2) is 28.7 Å². The van der Waals surface area contributed by atoms with E-state index in [2.05, 4.69) is 10.2 Å². The van der Waals surface area contributed by atoms with Crippen LogP contribution < -0.4 is 9.64 Å². The number of aryl methyl sites for hydroxylation is 2. The number of piperazine rings is 1. The highest BCUT2D eigenvalue weighted by molar-refractivity contribution is 5.78. The van der Waals surface area contributed by atoms with Crippen molar-refractivity contribution in [2.45, 2.75) is 13.8 Å². The summed E-state index contributed by atoms with van der Waals surface area (Å²) in [5.41, 5.74) is 1.11. The molecule has 0 bridgehead atoms. The maximum atomic E-state index is 12.2. The monoisotopic (exact) mass is 316 g/mol. The highest BCUT2D eigenvalue weighted by Crippen LogP contribution is 2.15. The molecule has 7 heteroatoms. The maximum Gasteiger partial charge on any atom is 0.318 e. The van der Waals surface area contributed by atoms with Crippen LogP contribution in [-0.4, -0.2) is 53.8 Å². The van der Waals surface area contributed by atoms with E-state index in [9.17, 15) is 4.79 Å². The lowest BCUT2D eigenvalue weighted by molar-refractivity contribution is -0.133. The van der Waals surface area contributed by atoms with Gasteiger partial charge < -0.3 is 19.0 Å². The lowest BCUT2D eigenvalue weighted by Gasteiger charge is -2.33. The van der Waals surface area contributed by atoms with Crippen molar-refractivity contribution in [3.63, 3.8) is 0 Å². The molecular formula is C16H20N4O3. The van der Waals surface area contributed by atoms with Gasteiger partial charge in [-0.15, -0.1) is 5.10 Å². The average Bonchev–Trinajstić information content (AvgIpc) is 2.99. The molecule has 2 heterocycles. The minimum Gasteiger partial charge on any atom is -0.484 e. The zero-order valence-electron chi connectivity index (χ0n) is 13.4. The van der Waals surface area contributed by atoms with Gasteiger partial charge in [0, 0.05) is 33.1 Å². The van der Waals surface area contributed by atoms with E-state index in [1.807, 2.05) is 36.1 Å². The zero-order chi connectivity index (χ0) is 16.2. The van der Waals surface area contributed by atoms with Crippen LogP contribution in [0.4, 0.5) is 6.01 Å². The summed E-state index contributed by atoms with van der Waals surface area (Å²) in [4.78, 5) is 16.0. The fourth-order valence-corrected chi connectivity index (χ4v) is 2.50. The zero-order valence-corrected chi connectivity index (χ0v) is 13.4. The second kappa shape index (κ2) is 6.68. The molecule has 1 aromatic heterocycles. The number of benzene rings is 1. The largest absolute Gasteiger partial charge is 0.484 e. The van der Waals surface area contributed by atoms with Gasteiger partial charge in [0.1, 0.15) is 5.75 Å². The van der Waals surface area contributed by atoms with Crippen LogP contribution in [0.25, 0.3) is 0 Å². The van der Waals surface area contributed by atoms with E-state index in [0.717, 1.165) is 11.3 Å². The average molecular weight is 316 g/mol. The molecule has 122 valence electrons. The van der Waals surface area contributed by atoms with E-state index in [4.69, 9.17) is 9.15 Å². The van der Waals surface area contributed by atoms with E-state index < -0.39 is 0 Å². The molecule has 0 atom stereocenters. The number of carbonyl (C=O) groups excluding carboxylic acids is 1. The first-order valence-corrected chi connectivity index (χ1v) is 7.64. The van der Waals surface area contributed by atoms with Gasteiger partial charge in [0.15, 0.2) is 6.61 Å². The first-order valence-electron chi connectivity index (χ1n) is 7.64. The van der Waals surface area contributed by atoms with E-state index >= 15 is 0 Å². The molecule has 0 aliphatic carbocycles. The molecule has 0 spiro atoms. The summed E-state index contributed by atoms with van der Waals surface area (Å²) in [6.45, 7) is 6.42. The van der Waals surface area contributed by atoms with Crippen LogP contribution in [0.1, 0.15) is 11.5 Å². The topological polar surface area (TPSA) is 71.7 Å². The number of hydrogen-bond acceptors (Lipinski definition) is 6. The van der Waals surface area contributed by atoms with Gasteiger partial charge in [0.2, 0.25) is 5.89 Å². The Kier molecular flexibility index (Phi) is 4.45. The molecule has 0 N–H and O–H groups in total. The number of nitrogens with zero attached hydrogens (tertiary/aromatic N) is 4. The number of rotatable bonds is 4. The molecule has 0 unspecified atom stereocenters. The molecule has 1 amide bonds.